The fraction of sp³-hybridized carbons (Fsp3) is 0.300. The van der Waals surface area contributed by atoms with Crippen LogP contribution < -0.4 is 10.1 Å². The Balaban J connectivity index is 2.13. The minimum absolute atomic E-state index is 0.00722. The van der Waals surface area contributed by atoms with E-state index in [1.54, 1.807) is 31.2 Å². The average Bonchev–Trinajstić information content (AvgIpc) is 2.62. The molecule has 1 N–H and O–H groups in total. The summed E-state index contributed by atoms with van der Waals surface area (Å²) >= 11 is 0. The third kappa shape index (κ3) is 5.32. The maximum atomic E-state index is 12.5. The van der Waals surface area contributed by atoms with Crippen LogP contribution in [0.25, 0.3) is 0 Å². The number of amides is 1. The standard InChI is InChI=1S/C20H23NO6S/c1-5-26-18-9-7-6-8-17(18)21-19(22)14(3)27-20(23)16-12-15(28(4,24)25)11-10-13(16)2/h6-12,14H,5H2,1-4H3,(H,21,22)/t14-/m0/s1. The summed E-state index contributed by atoms with van der Waals surface area (Å²) in [6.45, 7) is 5.36. The molecule has 8 heteroatoms. The molecule has 0 aliphatic rings. The van der Waals surface area contributed by atoms with Crippen molar-refractivity contribution < 1.29 is 27.5 Å². The second kappa shape index (κ2) is 8.88. The van der Waals surface area contributed by atoms with E-state index in [1.165, 1.54) is 25.1 Å². The zero-order valence-electron chi connectivity index (χ0n) is 16.2. The minimum Gasteiger partial charge on any atom is -0.492 e. The van der Waals surface area contributed by atoms with Gasteiger partial charge in [-0.3, -0.25) is 4.79 Å². The highest BCUT2D eigenvalue weighted by Gasteiger charge is 2.22. The average molecular weight is 405 g/mol. The molecular weight excluding hydrogens is 382 g/mol. The van der Waals surface area contributed by atoms with Gasteiger partial charge in [0.05, 0.1) is 22.8 Å². The largest absolute Gasteiger partial charge is 0.492 e. The van der Waals surface area contributed by atoms with Gasteiger partial charge in [-0.15, -0.1) is 0 Å². The number of aryl methyl sites for hydroxylation is 1. The van der Waals surface area contributed by atoms with Crippen LogP contribution in [-0.4, -0.2) is 39.3 Å². The van der Waals surface area contributed by atoms with Gasteiger partial charge < -0.3 is 14.8 Å². The Hall–Kier alpha value is -2.87. The number of hydrogen-bond donors (Lipinski definition) is 1. The van der Waals surface area contributed by atoms with Gasteiger partial charge in [0.2, 0.25) is 0 Å². The first-order chi connectivity index (χ1) is 13.1. The summed E-state index contributed by atoms with van der Waals surface area (Å²) in [6, 6.07) is 11.1. The van der Waals surface area contributed by atoms with Crippen LogP contribution in [0.3, 0.4) is 0 Å². The topological polar surface area (TPSA) is 98.8 Å². The van der Waals surface area contributed by atoms with E-state index < -0.39 is 27.8 Å². The van der Waals surface area contributed by atoms with Gasteiger partial charge in [-0.25, -0.2) is 13.2 Å². The molecule has 150 valence electrons. The number of para-hydroxylation sites is 2. The van der Waals surface area contributed by atoms with Crippen molar-refractivity contribution in [3.63, 3.8) is 0 Å². The van der Waals surface area contributed by atoms with Crippen molar-refractivity contribution in [3.05, 3.63) is 53.6 Å². The van der Waals surface area contributed by atoms with E-state index in [0.29, 0.717) is 23.6 Å². The highest BCUT2D eigenvalue weighted by atomic mass is 32.2. The van der Waals surface area contributed by atoms with Crippen LogP contribution in [-0.2, 0) is 19.4 Å². The van der Waals surface area contributed by atoms with E-state index in [-0.39, 0.29) is 10.5 Å². The molecule has 0 spiro atoms. The van der Waals surface area contributed by atoms with Crippen molar-refractivity contribution in [2.45, 2.75) is 31.8 Å². The maximum Gasteiger partial charge on any atom is 0.339 e. The minimum atomic E-state index is -3.47. The van der Waals surface area contributed by atoms with Gasteiger partial charge in [-0.05, 0) is 50.6 Å². The fourth-order valence-corrected chi connectivity index (χ4v) is 3.06. The monoisotopic (exact) mass is 405 g/mol. The molecule has 0 radical (unpaired) electrons. The molecule has 1 amide bonds. The van der Waals surface area contributed by atoms with Crippen LogP contribution in [0.2, 0.25) is 0 Å². The van der Waals surface area contributed by atoms with Crippen LogP contribution >= 0.6 is 0 Å². The third-order valence-electron chi connectivity index (χ3n) is 3.95. The molecule has 2 aromatic carbocycles. The van der Waals surface area contributed by atoms with Crippen LogP contribution in [0.4, 0.5) is 5.69 Å². The summed E-state index contributed by atoms with van der Waals surface area (Å²) in [5.41, 5.74) is 1.11. The number of hydrogen-bond acceptors (Lipinski definition) is 6. The number of carbonyl (C=O) groups is 2. The Kier molecular flexibility index (Phi) is 6.80. The van der Waals surface area contributed by atoms with Gasteiger partial charge >= 0.3 is 5.97 Å². The first-order valence-corrected chi connectivity index (χ1v) is 10.6. The maximum absolute atomic E-state index is 12.5. The van der Waals surface area contributed by atoms with Gasteiger partial charge in [0.1, 0.15) is 5.75 Å². The number of carbonyl (C=O) groups excluding carboxylic acids is 2. The van der Waals surface area contributed by atoms with E-state index in [0.717, 1.165) is 6.26 Å². The predicted molar refractivity (Wildman–Crippen MR) is 105 cm³/mol. The Bertz CT molecular complexity index is 984. The second-order valence-electron chi connectivity index (χ2n) is 6.21. The second-order valence-corrected chi connectivity index (χ2v) is 8.23. The summed E-state index contributed by atoms with van der Waals surface area (Å²) in [7, 11) is -3.47. The zero-order chi connectivity index (χ0) is 20.9. The molecule has 0 saturated heterocycles. The summed E-state index contributed by atoms with van der Waals surface area (Å²) in [5, 5.41) is 2.67. The molecule has 0 aromatic heterocycles. The quantitative estimate of drug-likeness (QED) is 0.711. The molecule has 0 saturated carbocycles. The number of esters is 1. The van der Waals surface area contributed by atoms with Crippen molar-refractivity contribution in [1.29, 1.82) is 0 Å². The van der Waals surface area contributed by atoms with Crippen molar-refractivity contribution in [2.24, 2.45) is 0 Å². The number of rotatable bonds is 7. The van der Waals surface area contributed by atoms with Gasteiger partial charge in [0.25, 0.3) is 5.91 Å². The highest BCUT2D eigenvalue weighted by molar-refractivity contribution is 7.90. The molecule has 0 fully saturated rings. The molecule has 2 aromatic rings. The first-order valence-electron chi connectivity index (χ1n) is 8.68. The highest BCUT2D eigenvalue weighted by Crippen LogP contribution is 2.24. The van der Waals surface area contributed by atoms with Crippen LogP contribution in [0.1, 0.15) is 29.8 Å². The van der Waals surface area contributed by atoms with Crippen molar-refractivity contribution in [2.75, 3.05) is 18.2 Å². The van der Waals surface area contributed by atoms with Crippen molar-refractivity contribution >= 4 is 27.4 Å². The lowest BCUT2D eigenvalue weighted by molar-refractivity contribution is -0.123. The number of nitrogens with one attached hydrogen (secondary N) is 1. The normalized spacial score (nSPS) is 12.1. The first kappa shape index (κ1) is 21.4. The third-order valence-corrected chi connectivity index (χ3v) is 5.07. The molecular formula is C20H23NO6S. The molecule has 2 rings (SSSR count). The zero-order valence-corrected chi connectivity index (χ0v) is 17.0. The van der Waals surface area contributed by atoms with E-state index in [2.05, 4.69) is 5.32 Å². The lowest BCUT2D eigenvalue weighted by Crippen LogP contribution is -2.30. The summed E-state index contributed by atoms with van der Waals surface area (Å²) in [5.74, 6) is -0.797. The van der Waals surface area contributed by atoms with Gasteiger partial charge in [0.15, 0.2) is 15.9 Å². The van der Waals surface area contributed by atoms with Gasteiger partial charge in [0, 0.05) is 6.26 Å². The predicted octanol–water partition coefficient (Wildman–Crippen LogP) is 2.98. The van der Waals surface area contributed by atoms with E-state index in [4.69, 9.17) is 9.47 Å². The van der Waals surface area contributed by atoms with Gasteiger partial charge in [-0.2, -0.15) is 0 Å². The number of benzene rings is 2. The summed E-state index contributed by atoms with van der Waals surface area (Å²) in [4.78, 5) is 24.9. The van der Waals surface area contributed by atoms with E-state index in [1.807, 2.05) is 6.92 Å². The summed E-state index contributed by atoms with van der Waals surface area (Å²) in [6.07, 6.45) is -0.0398. The molecule has 1 atom stereocenters. The fourth-order valence-electron chi connectivity index (χ4n) is 2.41. The van der Waals surface area contributed by atoms with Crippen LogP contribution in [0.5, 0.6) is 5.75 Å². The number of sulfone groups is 1. The Labute approximate surface area is 164 Å². The molecule has 0 bridgehead atoms. The van der Waals surface area contributed by atoms with Gasteiger partial charge in [-0.1, -0.05) is 18.2 Å². The van der Waals surface area contributed by atoms with Crippen molar-refractivity contribution in [3.8, 4) is 5.75 Å². The molecule has 7 nitrogen and oxygen atoms in total. The smallest absolute Gasteiger partial charge is 0.339 e. The van der Waals surface area contributed by atoms with Crippen LogP contribution in [0, 0.1) is 6.92 Å². The lowest BCUT2D eigenvalue weighted by atomic mass is 10.1. The van der Waals surface area contributed by atoms with E-state index >= 15 is 0 Å². The molecule has 0 heterocycles. The summed E-state index contributed by atoms with van der Waals surface area (Å²) < 4.78 is 34.1. The Morgan fingerprint density at radius 1 is 1.14 bits per heavy atom. The SMILES string of the molecule is CCOc1ccccc1NC(=O)[C@H](C)OC(=O)c1cc(S(C)(=O)=O)ccc1C. The molecule has 0 unspecified atom stereocenters. The molecule has 0 aliphatic carbocycles. The Morgan fingerprint density at radius 2 is 1.82 bits per heavy atom. The Morgan fingerprint density at radius 3 is 2.46 bits per heavy atom. The molecule has 28 heavy (non-hydrogen) atoms. The molecule has 0 aliphatic heterocycles. The van der Waals surface area contributed by atoms with E-state index in [9.17, 15) is 18.0 Å². The van der Waals surface area contributed by atoms with Crippen molar-refractivity contribution in [1.82, 2.24) is 0 Å². The lowest BCUT2D eigenvalue weighted by Gasteiger charge is -2.16. The number of ether oxygens (including phenoxy) is 2. The van der Waals surface area contributed by atoms with Crippen LogP contribution in [0.15, 0.2) is 47.4 Å². The number of anilines is 1.